The molecule has 0 spiro atoms. The zero-order valence-corrected chi connectivity index (χ0v) is 22.7. The summed E-state index contributed by atoms with van der Waals surface area (Å²) in [7, 11) is -3.64. The van der Waals surface area contributed by atoms with Gasteiger partial charge in [0.25, 0.3) is 5.91 Å². The second kappa shape index (κ2) is 10.8. The highest BCUT2D eigenvalue weighted by Crippen LogP contribution is 2.32. The Bertz CT molecular complexity index is 1470. The first kappa shape index (κ1) is 25.6. The summed E-state index contributed by atoms with van der Waals surface area (Å²) in [5.74, 6) is 0.366. The molecule has 4 aromatic rings. The second-order valence-electron chi connectivity index (χ2n) is 9.46. The van der Waals surface area contributed by atoms with Gasteiger partial charge in [-0.25, -0.2) is 13.4 Å². The van der Waals surface area contributed by atoms with Crippen LogP contribution in [0.2, 0.25) is 0 Å². The van der Waals surface area contributed by atoms with Gasteiger partial charge in [0.05, 0.1) is 27.9 Å². The van der Waals surface area contributed by atoms with Crippen LogP contribution in [0.3, 0.4) is 0 Å². The van der Waals surface area contributed by atoms with Crippen LogP contribution in [0.25, 0.3) is 10.2 Å². The van der Waals surface area contributed by atoms with Crippen LogP contribution in [0.4, 0.5) is 5.13 Å². The molecule has 1 aliphatic carbocycles. The molecule has 7 nitrogen and oxygen atoms in total. The normalized spacial score (nSPS) is 14.9. The van der Waals surface area contributed by atoms with Crippen molar-refractivity contribution < 1.29 is 17.6 Å². The van der Waals surface area contributed by atoms with Crippen LogP contribution < -0.4 is 4.90 Å². The Labute approximate surface area is 221 Å². The number of rotatable bonds is 8. The first-order chi connectivity index (χ1) is 17.9. The number of nitrogens with zero attached hydrogens (tertiary/aromatic N) is 3. The molecule has 1 aliphatic rings. The Balaban J connectivity index is 1.44. The number of carbonyl (C=O) groups excluding carboxylic acids is 1. The van der Waals surface area contributed by atoms with Gasteiger partial charge in [-0.3, -0.25) is 9.69 Å². The Kier molecular flexibility index (Phi) is 7.46. The van der Waals surface area contributed by atoms with E-state index < -0.39 is 10.0 Å². The van der Waals surface area contributed by atoms with Crippen LogP contribution in [0, 0.1) is 6.92 Å². The van der Waals surface area contributed by atoms with Gasteiger partial charge < -0.3 is 4.42 Å². The number of sulfonamides is 1. The van der Waals surface area contributed by atoms with E-state index in [2.05, 4.69) is 6.07 Å². The summed E-state index contributed by atoms with van der Waals surface area (Å²) in [4.78, 5) is 20.2. The average Bonchev–Trinajstić information content (AvgIpc) is 3.57. The standard InChI is InChI=1S/C28H31N3O4S2/c1-3-31(22-8-5-4-6-9-22)37(33,34)24-14-12-21(13-15-24)27(32)30(19-23-10-7-17-35-23)28-29-25-16-11-20(2)18-26(25)36-28/h7,10-18,22H,3-6,8-9,19H2,1-2H3. The molecule has 0 unspecified atom stereocenters. The first-order valence-corrected chi connectivity index (χ1v) is 15.0. The lowest BCUT2D eigenvalue weighted by Crippen LogP contribution is -2.41. The van der Waals surface area contributed by atoms with Crippen molar-refractivity contribution in [2.45, 2.75) is 63.4 Å². The van der Waals surface area contributed by atoms with Gasteiger partial charge in [0.15, 0.2) is 5.13 Å². The summed E-state index contributed by atoms with van der Waals surface area (Å²) in [5.41, 5.74) is 2.34. The Morgan fingerprint density at radius 2 is 1.84 bits per heavy atom. The molecule has 5 rings (SSSR count). The minimum Gasteiger partial charge on any atom is -0.467 e. The second-order valence-corrected chi connectivity index (χ2v) is 12.4. The van der Waals surface area contributed by atoms with Crippen LogP contribution in [-0.2, 0) is 16.6 Å². The van der Waals surface area contributed by atoms with Gasteiger partial charge in [-0.05, 0) is 73.9 Å². The van der Waals surface area contributed by atoms with Gasteiger partial charge >= 0.3 is 0 Å². The van der Waals surface area contributed by atoms with E-state index in [1.807, 2.05) is 32.0 Å². The molecule has 0 bridgehead atoms. The van der Waals surface area contributed by atoms with E-state index in [1.54, 1.807) is 45.8 Å². The molecule has 37 heavy (non-hydrogen) atoms. The molecule has 1 saturated carbocycles. The number of furan rings is 1. The summed E-state index contributed by atoms with van der Waals surface area (Å²) in [6.07, 6.45) is 6.64. The quantitative estimate of drug-likeness (QED) is 0.260. The van der Waals surface area contributed by atoms with Gasteiger partial charge in [0, 0.05) is 18.2 Å². The Morgan fingerprint density at radius 3 is 2.51 bits per heavy atom. The molecule has 2 aromatic carbocycles. The highest BCUT2D eigenvalue weighted by atomic mass is 32.2. The monoisotopic (exact) mass is 537 g/mol. The van der Waals surface area contributed by atoms with Crippen molar-refractivity contribution in [1.82, 2.24) is 9.29 Å². The molecular weight excluding hydrogens is 506 g/mol. The van der Waals surface area contributed by atoms with Gasteiger partial charge in [-0.2, -0.15) is 4.31 Å². The van der Waals surface area contributed by atoms with Crippen LogP contribution in [0.15, 0.2) is 70.2 Å². The molecule has 0 aliphatic heterocycles. The molecule has 1 amide bonds. The van der Waals surface area contributed by atoms with Crippen LogP contribution >= 0.6 is 11.3 Å². The van der Waals surface area contributed by atoms with Crippen molar-refractivity contribution in [2.75, 3.05) is 11.4 Å². The van der Waals surface area contributed by atoms with Crippen molar-refractivity contribution >= 4 is 42.6 Å². The molecule has 194 valence electrons. The smallest absolute Gasteiger partial charge is 0.260 e. The van der Waals surface area contributed by atoms with Crippen molar-refractivity contribution in [2.24, 2.45) is 0 Å². The van der Waals surface area contributed by atoms with Crippen molar-refractivity contribution in [1.29, 1.82) is 0 Å². The molecular formula is C28H31N3O4S2. The predicted octanol–water partition coefficient (Wildman–Crippen LogP) is 6.39. The van der Waals surface area contributed by atoms with Gasteiger partial charge in [-0.1, -0.05) is 43.6 Å². The van der Waals surface area contributed by atoms with Crippen molar-refractivity contribution in [3.05, 3.63) is 77.7 Å². The van der Waals surface area contributed by atoms with E-state index in [-0.39, 0.29) is 23.4 Å². The van der Waals surface area contributed by atoms with Crippen molar-refractivity contribution in [3.8, 4) is 0 Å². The van der Waals surface area contributed by atoms with Gasteiger partial charge in [-0.15, -0.1) is 0 Å². The lowest BCUT2D eigenvalue weighted by Gasteiger charge is -2.32. The van der Waals surface area contributed by atoms with Gasteiger partial charge in [0.1, 0.15) is 5.76 Å². The van der Waals surface area contributed by atoms with Crippen molar-refractivity contribution in [3.63, 3.8) is 0 Å². The summed E-state index contributed by atoms with van der Waals surface area (Å²) >= 11 is 1.44. The summed E-state index contributed by atoms with van der Waals surface area (Å²) in [6, 6.07) is 15.9. The van der Waals surface area contributed by atoms with E-state index >= 15 is 0 Å². The topological polar surface area (TPSA) is 83.7 Å². The maximum atomic E-state index is 13.7. The molecule has 2 heterocycles. The summed E-state index contributed by atoms with van der Waals surface area (Å²) in [6.45, 7) is 4.56. The number of fused-ring (bicyclic) bond motifs is 1. The summed E-state index contributed by atoms with van der Waals surface area (Å²) < 4.78 is 35.0. The molecule has 9 heteroatoms. The number of aryl methyl sites for hydroxylation is 1. The average molecular weight is 538 g/mol. The lowest BCUT2D eigenvalue weighted by atomic mass is 9.95. The SMILES string of the molecule is CCN(C1CCCCC1)S(=O)(=O)c1ccc(C(=O)N(Cc2ccco2)c2nc3ccc(C)cc3s2)cc1. The number of thiazole rings is 1. The molecule has 0 saturated heterocycles. The largest absolute Gasteiger partial charge is 0.467 e. The number of amides is 1. The number of anilines is 1. The Hall–Kier alpha value is -3.01. The molecule has 2 aromatic heterocycles. The van der Waals surface area contributed by atoms with E-state index in [1.165, 1.54) is 11.3 Å². The fourth-order valence-electron chi connectivity index (χ4n) is 4.97. The maximum Gasteiger partial charge on any atom is 0.260 e. The molecule has 0 N–H and O–H groups in total. The number of carbonyl (C=O) groups is 1. The minimum atomic E-state index is -3.64. The lowest BCUT2D eigenvalue weighted by molar-refractivity contribution is 0.0983. The number of hydrogen-bond donors (Lipinski definition) is 0. The highest BCUT2D eigenvalue weighted by Gasteiger charge is 2.31. The van der Waals surface area contributed by atoms with Crippen LogP contribution in [-0.4, -0.2) is 36.2 Å². The molecule has 0 atom stereocenters. The predicted molar refractivity (Wildman–Crippen MR) is 146 cm³/mol. The van der Waals surface area contributed by atoms with E-state index in [0.29, 0.717) is 23.0 Å². The third-order valence-corrected chi connectivity index (χ3v) is 9.99. The molecule has 1 fully saturated rings. The fraction of sp³-hybridized carbons (Fsp3) is 0.357. The third kappa shape index (κ3) is 5.35. The highest BCUT2D eigenvalue weighted by molar-refractivity contribution is 7.89. The zero-order chi connectivity index (χ0) is 26.0. The number of aromatic nitrogens is 1. The van der Waals surface area contributed by atoms with E-state index in [4.69, 9.17) is 9.40 Å². The van der Waals surface area contributed by atoms with E-state index in [9.17, 15) is 13.2 Å². The Morgan fingerprint density at radius 1 is 1.08 bits per heavy atom. The fourth-order valence-corrected chi connectivity index (χ4v) is 7.73. The van der Waals surface area contributed by atoms with Gasteiger partial charge in [0.2, 0.25) is 10.0 Å². The van der Waals surface area contributed by atoms with Crippen LogP contribution in [0.5, 0.6) is 0 Å². The number of benzene rings is 2. The maximum absolute atomic E-state index is 13.7. The zero-order valence-electron chi connectivity index (χ0n) is 21.1. The first-order valence-electron chi connectivity index (χ1n) is 12.7. The molecule has 0 radical (unpaired) electrons. The number of hydrogen-bond acceptors (Lipinski definition) is 6. The summed E-state index contributed by atoms with van der Waals surface area (Å²) in [5, 5.41) is 0.563. The van der Waals surface area contributed by atoms with Crippen LogP contribution in [0.1, 0.15) is 60.7 Å². The minimum absolute atomic E-state index is 0.0384. The third-order valence-electron chi connectivity index (χ3n) is 6.90. The van der Waals surface area contributed by atoms with E-state index in [0.717, 1.165) is 47.9 Å².